The number of nitrogens with one attached hydrogen (secondary N) is 2. The second-order valence-electron chi connectivity index (χ2n) is 8.45. The molecule has 8 heteroatoms. The maximum Gasteiger partial charge on any atom is 0.411 e. The summed E-state index contributed by atoms with van der Waals surface area (Å²) in [5, 5.41) is 23.6. The molecule has 0 bridgehead atoms. The minimum absolute atomic E-state index is 0.0562. The molecular formula is C27H26N2O6. The molecule has 3 aromatic rings. The van der Waals surface area contributed by atoms with Gasteiger partial charge in [0.1, 0.15) is 6.61 Å². The predicted octanol–water partition coefficient (Wildman–Crippen LogP) is 3.54. The van der Waals surface area contributed by atoms with Gasteiger partial charge in [0.2, 0.25) is 5.91 Å². The van der Waals surface area contributed by atoms with E-state index in [0.717, 1.165) is 22.3 Å². The van der Waals surface area contributed by atoms with Gasteiger partial charge < -0.3 is 20.3 Å². The summed E-state index contributed by atoms with van der Waals surface area (Å²) in [6.07, 6.45) is -1.97. The summed E-state index contributed by atoms with van der Waals surface area (Å²) in [6.45, 7) is 1.47. The minimum Gasteiger partial charge on any atom is -0.480 e. The third kappa shape index (κ3) is 5.50. The fourth-order valence-corrected chi connectivity index (χ4v) is 4.31. The van der Waals surface area contributed by atoms with E-state index in [9.17, 15) is 19.5 Å². The van der Waals surface area contributed by atoms with Gasteiger partial charge in [-0.25, -0.2) is 9.59 Å². The number of aliphatic carboxylic acids is 1. The SMILES string of the molecule is C[C@@H](O)[C@H](NC(=O)Cc1cccc(NC(=O)OCC2c3ccccc3-c3ccccc32)c1)C(=O)O. The molecule has 2 amide bonds. The lowest BCUT2D eigenvalue weighted by atomic mass is 9.98. The Morgan fingerprint density at radius 2 is 1.57 bits per heavy atom. The highest BCUT2D eigenvalue weighted by atomic mass is 16.5. The average molecular weight is 475 g/mol. The lowest BCUT2D eigenvalue weighted by Gasteiger charge is -2.17. The van der Waals surface area contributed by atoms with Crippen LogP contribution in [0.2, 0.25) is 0 Å². The molecule has 0 heterocycles. The summed E-state index contributed by atoms with van der Waals surface area (Å²) < 4.78 is 5.55. The van der Waals surface area contributed by atoms with Gasteiger partial charge in [-0.05, 0) is 46.9 Å². The standard InChI is InChI=1S/C27H26N2O6/c1-16(30)25(26(32)33)29-24(31)14-17-7-6-8-18(13-17)28-27(34)35-15-23-21-11-4-2-9-19(21)20-10-3-5-12-22(20)23/h2-13,16,23,25,30H,14-15H2,1H3,(H,28,34)(H,29,31)(H,32,33)/t16-,25+/m1/s1. The second kappa shape index (κ2) is 10.4. The van der Waals surface area contributed by atoms with E-state index in [0.29, 0.717) is 11.3 Å². The van der Waals surface area contributed by atoms with Crippen LogP contribution in [0.15, 0.2) is 72.8 Å². The number of hydrogen-bond acceptors (Lipinski definition) is 5. The van der Waals surface area contributed by atoms with Crippen molar-refractivity contribution in [1.82, 2.24) is 5.32 Å². The molecule has 180 valence electrons. The highest BCUT2D eigenvalue weighted by molar-refractivity contribution is 5.87. The number of fused-ring (bicyclic) bond motifs is 3. The van der Waals surface area contributed by atoms with Gasteiger partial charge in [0.05, 0.1) is 12.5 Å². The molecule has 0 aromatic heterocycles. The molecule has 1 aliphatic rings. The number of carboxylic acids is 1. The van der Waals surface area contributed by atoms with Crippen molar-refractivity contribution in [2.45, 2.75) is 31.4 Å². The maximum atomic E-state index is 12.5. The third-order valence-corrected chi connectivity index (χ3v) is 5.95. The number of carbonyl (C=O) groups excluding carboxylic acids is 2. The molecule has 0 fully saturated rings. The molecule has 0 aliphatic heterocycles. The molecule has 0 saturated carbocycles. The molecule has 35 heavy (non-hydrogen) atoms. The number of amides is 2. The van der Waals surface area contributed by atoms with E-state index in [1.165, 1.54) is 6.92 Å². The van der Waals surface area contributed by atoms with Gasteiger partial charge >= 0.3 is 12.1 Å². The number of hydrogen-bond donors (Lipinski definition) is 4. The van der Waals surface area contributed by atoms with Crippen LogP contribution in [0.4, 0.5) is 10.5 Å². The fourth-order valence-electron chi connectivity index (χ4n) is 4.31. The molecule has 2 atom stereocenters. The Morgan fingerprint density at radius 1 is 0.943 bits per heavy atom. The highest BCUT2D eigenvalue weighted by Gasteiger charge is 2.29. The number of anilines is 1. The van der Waals surface area contributed by atoms with Crippen LogP contribution < -0.4 is 10.6 Å². The van der Waals surface area contributed by atoms with Crippen LogP contribution >= 0.6 is 0 Å². The van der Waals surface area contributed by atoms with Crippen molar-refractivity contribution in [2.24, 2.45) is 0 Å². The Morgan fingerprint density at radius 3 is 2.17 bits per heavy atom. The van der Waals surface area contributed by atoms with Crippen molar-refractivity contribution in [2.75, 3.05) is 11.9 Å². The van der Waals surface area contributed by atoms with Crippen molar-refractivity contribution in [3.05, 3.63) is 89.5 Å². The number of rotatable bonds is 8. The molecule has 4 N–H and O–H groups in total. The van der Waals surface area contributed by atoms with E-state index >= 15 is 0 Å². The molecule has 0 radical (unpaired) electrons. The topological polar surface area (TPSA) is 125 Å². The zero-order valence-electron chi connectivity index (χ0n) is 19.1. The van der Waals surface area contributed by atoms with Crippen molar-refractivity contribution in [3.8, 4) is 11.1 Å². The van der Waals surface area contributed by atoms with Crippen molar-refractivity contribution >= 4 is 23.7 Å². The maximum absolute atomic E-state index is 12.5. The summed E-state index contributed by atoms with van der Waals surface area (Å²) in [4.78, 5) is 35.9. The minimum atomic E-state index is -1.40. The van der Waals surface area contributed by atoms with Gasteiger partial charge in [0.15, 0.2) is 6.04 Å². The van der Waals surface area contributed by atoms with Crippen LogP contribution in [0.3, 0.4) is 0 Å². The first-order chi connectivity index (χ1) is 16.8. The quantitative estimate of drug-likeness (QED) is 0.396. The summed E-state index contributed by atoms with van der Waals surface area (Å²) in [5.41, 5.74) is 5.52. The Labute approximate surface area is 202 Å². The Balaban J connectivity index is 1.36. The molecule has 8 nitrogen and oxygen atoms in total. The molecule has 0 unspecified atom stereocenters. The Kier molecular flexibility index (Phi) is 7.12. The Bertz CT molecular complexity index is 1210. The monoisotopic (exact) mass is 474 g/mol. The largest absolute Gasteiger partial charge is 0.480 e. The molecular weight excluding hydrogens is 448 g/mol. The first-order valence-electron chi connectivity index (χ1n) is 11.2. The van der Waals surface area contributed by atoms with Gasteiger partial charge in [0.25, 0.3) is 0 Å². The van der Waals surface area contributed by atoms with E-state index in [1.54, 1.807) is 24.3 Å². The first kappa shape index (κ1) is 24.0. The first-order valence-corrected chi connectivity index (χ1v) is 11.2. The number of carbonyl (C=O) groups is 3. The summed E-state index contributed by atoms with van der Waals surface area (Å²) in [6, 6.07) is 21.4. The highest BCUT2D eigenvalue weighted by Crippen LogP contribution is 2.44. The number of aliphatic hydroxyl groups excluding tert-OH is 1. The van der Waals surface area contributed by atoms with Crippen molar-refractivity contribution < 1.29 is 29.3 Å². The molecule has 0 spiro atoms. The summed E-state index contributed by atoms with van der Waals surface area (Å²) in [7, 11) is 0. The van der Waals surface area contributed by atoms with E-state index in [2.05, 4.69) is 22.8 Å². The number of ether oxygens (including phenoxy) is 1. The van der Waals surface area contributed by atoms with E-state index in [1.807, 2.05) is 36.4 Å². The lowest BCUT2D eigenvalue weighted by Crippen LogP contribution is -2.48. The van der Waals surface area contributed by atoms with Crippen LogP contribution in [-0.4, -0.2) is 46.9 Å². The van der Waals surface area contributed by atoms with Gasteiger partial charge in [-0.15, -0.1) is 0 Å². The number of carboxylic acid groups (broad SMARTS) is 1. The summed E-state index contributed by atoms with van der Waals surface area (Å²) >= 11 is 0. The van der Waals surface area contributed by atoms with E-state index in [-0.39, 0.29) is 18.9 Å². The third-order valence-electron chi connectivity index (χ3n) is 5.95. The van der Waals surface area contributed by atoms with E-state index < -0.39 is 30.1 Å². The normalized spacial score (nSPS) is 13.8. The van der Waals surface area contributed by atoms with Crippen LogP contribution in [-0.2, 0) is 20.7 Å². The van der Waals surface area contributed by atoms with Crippen LogP contribution in [0, 0.1) is 0 Å². The zero-order chi connectivity index (χ0) is 24.9. The molecule has 3 aromatic carbocycles. The molecule has 0 saturated heterocycles. The van der Waals surface area contributed by atoms with Gasteiger partial charge in [-0.1, -0.05) is 60.7 Å². The Hall–Kier alpha value is -4.17. The smallest absolute Gasteiger partial charge is 0.411 e. The molecule has 1 aliphatic carbocycles. The van der Waals surface area contributed by atoms with Gasteiger partial charge in [0, 0.05) is 11.6 Å². The average Bonchev–Trinajstić information content (AvgIpc) is 3.15. The predicted molar refractivity (Wildman–Crippen MR) is 130 cm³/mol. The number of benzene rings is 3. The fraction of sp³-hybridized carbons (Fsp3) is 0.222. The number of aliphatic hydroxyl groups is 1. The van der Waals surface area contributed by atoms with Gasteiger partial charge in [-0.3, -0.25) is 10.1 Å². The second-order valence-corrected chi connectivity index (χ2v) is 8.45. The molecule has 4 rings (SSSR count). The van der Waals surface area contributed by atoms with Crippen LogP contribution in [0.5, 0.6) is 0 Å². The lowest BCUT2D eigenvalue weighted by molar-refractivity contribution is -0.144. The van der Waals surface area contributed by atoms with Crippen molar-refractivity contribution in [1.29, 1.82) is 0 Å². The summed E-state index contributed by atoms with van der Waals surface area (Å²) in [5.74, 6) is -1.94. The van der Waals surface area contributed by atoms with Crippen LogP contribution in [0.1, 0.15) is 29.5 Å². The van der Waals surface area contributed by atoms with Crippen molar-refractivity contribution in [3.63, 3.8) is 0 Å². The van der Waals surface area contributed by atoms with Crippen LogP contribution in [0.25, 0.3) is 11.1 Å². The van der Waals surface area contributed by atoms with E-state index in [4.69, 9.17) is 9.84 Å². The zero-order valence-corrected chi connectivity index (χ0v) is 19.1. The van der Waals surface area contributed by atoms with Gasteiger partial charge in [-0.2, -0.15) is 0 Å².